The minimum atomic E-state index is -0.660. The summed E-state index contributed by atoms with van der Waals surface area (Å²) >= 11 is 0. The molecule has 3 heterocycles. The first-order valence-electron chi connectivity index (χ1n) is 11.8. The van der Waals surface area contributed by atoms with Crippen molar-refractivity contribution in [3.63, 3.8) is 0 Å². The molecule has 2 aromatic heterocycles. The maximum Gasteiger partial charge on any atom is 0.408 e. The van der Waals surface area contributed by atoms with Gasteiger partial charge >= 0.3 is 6.09 Å². The van der Waals surface area contributed by atoms with Crippen LogP contribution in [0, 0.1) is 11.6 Å². The third-order valence-electron chi connectivity index (χ3n) is 6.42. The Labute approximate surface area is 231 Å². The molecule has 0 radical (unpaired) electrons. The summed E-state index contributed by atoms with van der Waals surface area (Å²) in [5, 5.41) is 14.4. The van der Waals surface area contributed by atoms with E-state index in [-0.39, 0.29) is 23.9 Å². The van der Waals surface area contributed by atoms with Crippen molar-refractivity contribution in [2.45, 2.75) is 24.1 Å². The smallest absolute Gasteiger partial charge is 0.408 e. The maximum absolute atomic E-state index is 14.9. The van der Waals surface area contributed by atoms with Crippen LogP contribution in [0.25, 0.3) is 10.8 Å². The molecule has 0 spiro atoms. The maximum atomic E-state index is 14.9. The lowest BCUT2D eigenvalue weighted by Gasteiger charge is -2.42. The van der Waals surface area contributed by atoms with Crippen molar-refractivity contribution < 1.29 is 18.3 Å². The number of nitrogens with zero attached hydrogens (tertiary/aromatic N) is 5. The Kier molecular flexibility index (Phi) is 8.06. The van der Waals surface area contributed by atoms with Gasteiger partial charge in [-0.1, -0.05) is 41.8 Å². The highest BCUT2D eigenvalue weighted by molar-refractivity contribution is 8.94. The van der Waals surface area contributed by atoms with E-state index in [4.69, 9.17) is 4.74 Å². The van der Waals surface area contributed by atoms with Crippen molar-refractivity contribution in [3.05, 3.63) is 81.8 Å². The van der Waals surface area contributed by atoms with Gasteiger partial charge in [0.15, 0.2) is 0 Å². The lowest BCUT2D eigenvalue weighted by molar-refractivity contribution is 0.147. The molecule has 1 aliphatic heterocycles. The second-order valence-corrected chi connectivity index (χ2v) is 13.0. The summed E-state index contributed by atoms with van der Waals surface area (Å²) < 4.78 is 35.8. The molecule has 10 nitrogen and oxygen atoms in total. The SMILES string of the molecule is C[C@H](COC(=O)NCN1c2cc(F)cc3c(=O)[nH]nc(c23)[C@H](c2ncnn2C)[C@H]1c1ccc(F)cc1)SSP. The molecule has 15 heteroatoms. The number of benzene rings is 2. The Morgan fingerprint density at radius 3 is 2.72 bits per heavy atom. The van der Waals surface area contributed by atoms with Gasteiger partial charge in [-0.25, -0.2) is 23.7 Å². The second-order valence-electron chi connectivity index (χ2n) is 8.91. The fourth-order valence-electron chi connectivity index (χ4n) is 4.78. The van der Waals surface area contributed by atoms with Crippen LogP contribution in [0.5, 0.6) is 0 Å². The Hall–Kier alpha value is -3.22. The Morgan fingerprint density at radius 2 is 2.03 bits per heavy atom. The lowest BCUT2D eigenvalue weighted by atomic mass is 9.82. The minimum Gasteiger partial charge on any atom is -0.448 e. The number of H-pyrrole nitrogens is 1. The first kappa shape index (κ1) is 27.4. The number of nitrogens with one attached hydrogen (secondary N) is 2. The number of amides is 1. The number of rotatable bonds is 8. The monoisotopic (exact) mass is 591 g/mol. The van der Waals surface area contributed by atoms with Crippen molar-refractivity contribution in [3.8, 4) is 0 Å². The average Bonchev–Trinajstić information content (AvgIpc) is 3.34. The van der Waals surface area contributed by atoms with Gasteiger partial charge in [0.1, 0.15) is 30.4 Å². The molecule has 2 aromatic carbocycles. The lowest BCUT2D eigenvalue weighted by Crippen LogP contribution is -2.45. The molecule has 0 saturated carbocycles. The summed E-state index contributed by atoms with van der Waals surface area (Å²) in [5.41, 5.74) is 0.884. The van der Waals surface area contributed by atoms with Gasteiger partial charge in [-0.3, -0.25) is 9.48 Å². The third kappa shape index (κ3) is 5.45. The average molecular weight is 592 g/mol. The van der Waals surface area contributed by atoms with Gasteiger partial charge in [0.25, 0.3) is 5.56 Å². The molecular weight excluding hydrogens is 567 g/mol. The molecule has 0 fully saturated rings. The van der Waals surface area contributed by atoms with E-state index in [1.54, 1.807) is 39.6 Å². The van der Waals surface area contributed by atoms with Gasteiger partial charge in [0.2, 0.25) is 0 Å². The van der Waals surface area contributed by atoms with E-state index in [1.807, 2.05) is 6.92 Å². The van der Waals surface area contributed by atoms with Crippen molar-refractivity contribution in [1.29, 1.82) is 0 Å². The van der Waals surface area contributed by atoms with Gasteiger partial charge in [-0.05, 0) is 36.8 Å². The molecule has 0 bridgehead atoms. The Balaban J connectivity index is 1.64. The minimum absolute atomic E-state index is 0.0630. The third-order valence-corrected chi connectivity index (χ3v) is 9.31. The van der Waals surface area contributed by atoms with Crippen LogP contribution in [-0.2, 0) is 11.8 Å². The summed E-state index contributed by atoms with van der Waals surface area (Å²) in [5.74, 6) is -1.18. The first-order chi connectivity index (χ1) is 18.8. The van der Waals surface area contributed by atoms with Gasteiger partial charge in [0.05, 0.1) is 35.4 Å². The molecule has 1 amide bonds. The van der Waals surface area contributed by atoms with Crippen molar-refractivity contribution in [2.75, 3.05) is 18.2 Å². The summed E-state index contributed by atoms with van der Waals surface area (Å²) in [6, 6.07) is 7.66. The van der Waals surface area contributed by atoms with E-state index in [2.05, 4.69) is 34.0 Å². The molecule has 1 unspecified atom stereocenters. The molecule has 204 valence electrons. The van der Waals surface area contributed by atoms with Crippen molar-refractivity contribution in [1.82, 2.24) is 30.3 Å². The number of aromatic amines is 1. The number of aryl methyl sites for hydroxylation is 1. The molecule has 4 atom stereocenters. The topological polar surface area (TPSA) is 118 Å². The number of alkyl carbamates (subject to hydrolysis) is 1. The largest absolute Gasteiger partial charge is 0.448 e. The van der Waals surface area contributed by atoms with E-state index >= 15 is 0 Å². The standard InChI is InChI=1S/C24H24F2N7O3PS2/c1-12(38-39-37)9-36-24(35)28-11-33-17-8-15(26)7-16-18(17)20(30-31-23(16)34)19(22-27-10-29-32(22)2)21(33)13-3-5-14(25)6-4-13/h3-8,10,12,19,21H,9,11,37H2,1-2H3,(H,28,35)(H,31,34)/t12-,19+,21-/m1/s1. The molecule has 1 aliphatic rings. The number of hydrogen-bond donors (Lipinski definition) is 2. The van der Waals surface area contributed by atoms with Crippen LogP contribution in [0.1, 0.15) is 36.0 Å². The summed E-state index contributed by atoms with van der Waals surface area (Å²) in [4.78, 5) is 31.6. The van der Waals surface area contributed by atoms with Crippen molar-refractivity contribution >= 4 is 52.2 Å². The summed E-state index contributed by atoms with van der Waals surface area (Å²) in [6.07, 6.45) is 0.735. The predicted octanol–water partition coefficient (Wildman–Crippen LogP) is 4.27. The number of halogens is 2. The number of carbonyl (C=O) groups excluding carboxylic acids is 1. The Bertz CT molecular complexity index is 1570. The molecule has 5 rings (SSSR count). The van der Waals surface area contributed by atoms with Crippen LogP contribution >= 0.6 is 29.6 Å². The normalized spacial score (nSPS) is 17.3. The predicted molar refractivity (Wildman–Crippen MR) is 150 cm³/mol. The van der Waals surface area contributed by atoms with Crippen LogP contribution in [-0.4, -0.2) is 49.6 Å². The fraction of sp³-hybridized carbons (Fsp3) is 0.292. The van der Waals surface area contributed by atoms with E-state index in [0.29, 0.717) is 28.2 Å². The number of anilines is 1. The molecule has 0 aliphatic carbocycles. The van der Waals surface area contributed by atoms with Gasteiger partial charge in [-0.15, -0.1) is 0 Å². The van der Waals surface area contributed by atoms with Crippen LogP contribution in [0.2, 0.25) is 0 Å². The van der Waals surface area contributed by atoms with Gasteiger partial charge in [0, 0.05) is 17.7 Å². The number of hydrogen-bond acceptors (Lipinski definition) is 9. The number of carbonyl (C=O) groups is 1. The summed E-state index contributed by atoms with van der Waals surface area (Å²) in [6.45, 7) is 2.01. The van der Waals surface area contributed by atoms with E-state index < -0.39 is 35.2 Å². The molecular formula is C24H24F2N7O3PS2. The van der Waals surface area contributed by atoms with Gasteiger partial charge < -0.3 is 15.0 Å². The number of ether oxygens (including phenoxy) is 1. The molecule has 4 aromatic rings. The quantitative estimate of drug-likeness (QED) is 0.229. The van der Waals surface area contributed by atoms with Crippen LogP contribution in [0.15, 0.2) is 47.5 Å². The zero-order chi connectivity index (χ0) is 27.7. The highest BCUT2D eigenvalue weighted by atomic mass is 33.3. The van der Waals surface area contributed by atoms with Crippen molar-refractivity contribution in [2.24, 2.45) is 7.05 Å². The highest BCUT2D eigenvalue weighted by Crippen LogP contribution is 2.49. The van der Waals surface area contributed by atoms with Crippen LogP contribution < -0.4 is 15.8 Å². The van der Waals surface area contributed by atoms with E-state index in [1.165, 1.54) is 34.9 Å². The van der Waals surface area contributed by atoms with E-state index in [9.17, 15) is 18.4 Å². The second kappa shape index (κ2) is 11.5. The number of aromatic nitrogens is 5. The van der Waals surface area contributed by atoms with Crippen LogP contribution in [0.3, 0.4) is 0 Å². The molecule has 0 saturated heterocycles. The van der Waals surface area contributed by atoms with Crippen LogP contribution in [0.4, 0.5) is 19.3 Å². The van der Waals surface area contributed by atoms with Gasteiger partial charge in [-0.2, -0.15) is 10.2 Å². The molecule has 39 heavy (non-hydrogen) atoms. The summed E-state index contributed by atoms with van der Waals surface area (Å²) in [7, 11) is 7.29. The fourth-order valence-corrected chi connectivity index (χ4v) is 7.54. The first-order valence-corrected chi connectivity index (χ1v) is 15.5. The zero-order valence-corrected chi connectivity index (χ0v) is 23.6. The van der Waals surface area contributed by atoms with E-state index in [0.717, 1.165) is 6.07 Å². The molecule has 2 N–H and O–H groups in total. The highest BCUT2D eigenvalue weighted by Gasteiger charge is 2.42. The zero-order valence-electron chi connectivity index (χ0n) is 20.8. The Morgan fingerprint density at radius 1 is 1.26 bits per heavy atom.